The van der Waals surface area contributed by atoms with Crippen LogP contribution in [0, 0.1) is 0 Å². The smallest absolute Gasteiger partial charge is 0.238 e. The molecule has 9 nitrogen and oxygen atoms in total. The third-order valence-electron chi connectivity index (χ3n) is 4.28. The van der Waals surface area contributed by atoms with Gasteiger partial charge in [0.2, 0.25) is 17.8 Å². The van der Waals surface area contributed by atoms with Crippen LogP contribution in [-0.2, 0) is 9.59 Å². The van der Waals surface area contributed by atoms with Crippen LogP contribution >= 0.6 is 0 Å². The van der Waals surface area contributed by atoms with E-state index in [0.29, 0.717) is 46.6 Å². The van der Waals surface area contributed by atoms with Crippen LogP contribution in [0.4, 0.5) is 11.6 Å². The van der Waals surface area contributed by atoms with E-state index >= 15 is 0 Å². The number of primary amides is 1. The Morgan fingerprint density at radius 1 is 1.14 bits per heavy atom. The number of anilines is 2. The average molecular weight is 394 g/mol. The van der Waals surface area contributed by atoms with Crippen LogP contribution in [0.1, 0.15) is 19.8 Å². The summed E-state index contributed by atoms with van der Waals surface area (Å²) in [5.41, 5.74) is 13.4. The summed E-state index contributed by atoms with van der Waals surface area (Å²) in [6, 6.07) is 12.5. The van der Waals surface area contributed by atoms with Crippen molar-refractivity contribution in [2.75, 3.05) is 17.3 Å². The Hall–Kier alpha value is -3.72. The number of nitrogens with two attached hydrogens (primary N) is 3. The molecule has 0 spiro atoms. The lowest BCUT2D eigenvalue weighted by atomic mass is 10.0. The topological polar surface area (TPSA) is 150 Å². The number of aromatic nitrogens is 2. The summed E-state index contributed by atoms with van der Waals surface area (Å²) < 4.78 is 5.85. The van der Waals surface area contributed by atoms with Crippen LogP contribution in [0.5, 0.6) is 5.75 Å². The summed E-state index contributed by atoms with van der Waals surface area (Å²) in [6.45, 7) is 1.70. The fraction of sp³-hybridized carbons (Fsp3) is 0.200. The molecule has 0 fully saturated rings. The number of carbonyl (C=O) groups excluding carboxylic acids is 2. The lowest BCUT2D eigenvalue weighted by Crippen LogP contribution is -2.35. The molecule has 0 unspecified atom stereocenters. The number of carbonyl (C=O) groups is 2. The van der Waals surface area contributed by atoms with E-state index in [1.165, 1.54) is 6.92 Å². The highest BCUT2D eigenvalue weighted by Crippen LogP contribution is 2.35. The van der Waals surface area contributed by atoms with Gasteiger partial charge in [0.05, 0.1) is 23.5 Å². The van der Waals surface area contributed by atoms with E-state index in [1.807, 2.05) is 18.2 Å². The predicted molar refractivity (Wildman–Crippen MR) is 111 cm³/mol. The first-order valence-electron chi connectivity index (χ1n) is 9.00. The second-order valence-corrected chi connectivity index (χ2v) is 6.44. The van der Waals surface area contributed by atoms with Crippen molar-refractivity contribution >= 4 is 34.4 Å². The minimum atomic E-state index is -0.374. The largest absolute Gasteiger partial charge is 0.493 e. The van der Waals surface area contributed by atoms with Crippen molar-refractivity contribution in [3.63, 3.8) is 0 Å². The van der Waals surface area contributed by atoms with Gasteiger partial charge >= 0.3 is 0 Å². The number of hydrazine groups is 1. The molecule has 1 aromatic heterocycles. The number of rotatable bonds is 7. The van der Waals surface area contributed by atoms with Crippen LogP contribution in [-0.4, -0.2) is 28.4 Å². The second-order valence-electron chi connectivity index (χ2n) is 6.44. The van der Waals surface area contributed by atoms with E-state index in [4.69, 9.17) is 22.0 Å². The van der Waals surface area contributed by atoms with Crippen LogP contribution in [0.15, 0.2) is 42.5 Å². The van der Waals surface area contributed by atoms with E-state index in [0.717, 1.165) is 5.01 Å². The van der Waals surface area contributed by atoms with Gasteiger partial charge in [-0.1, -0.05) is 12.1 Å². The Balaban J connectivity index is 2.06. The third-order valence-corrected chi connectivity index (χ3v) is 4.28. The van der Waals surface area contributed by atoms with Crippen molar-refractivity contribution < 1.29 is 14.3 Å². The van der Waals surface area contributed by atoms with Crippen molar-refractivity contribution in [2.45, 2.75) is 19.8 Å². The number of hydrogen-bond acceptors (Lipinski definition) is 7. The number of hydrogen-bond donors (Lipinski definition) is 3. The number of benzene rings is 2. The summed E-state index contributed by atoms with van der Waals surface area (Å²) in [4.78, 5) is 31.2. The molecule has 0 bridgehead atoms. The molecular formula is C20H22N6O3. The molecule has 0 aliphatic heterocycles. The quantitative estimate of drug-likeness (QED) is 0.239. The first-order chi connectivity index (χ1) is 13.9. The van der Waals surface area contributed by atoms with Crippen LogP contribution < -0.4 is 27.1 Å². The maximum Gasteiger partial charge on any atom is 0.238 e. The molecule has 1 heterocycles. The van der Waals surface area contributed by atoms with Gasteiger partial charge in [0.25, 0.3) is 0 Å². The monoisotopic (exact) mass is 394 g/mol. The van der Waals surface area contributed by atoms with Crippen LogP contribution in [0.3, 0.4) is 0 Å². The molecule has 0 aliphatic rings. The fourth-order valence-electron chi connectivity index (χ4n) is 2.89. The van der Waals surface area contributed by atoms with E-state index in [1.54, 1.807) is 24.3 Å². The minimum Gasteiger partial charge on any atom is -0.493 e. The van der Waals surface area contributed by atoms with E-state index in [2.05, 4.69) is 9.97 Å². The van der Waals surface area contributed by atoms with Crippen LogP contribution in [0.2, 0.25) is 0 Å². The zero-order valence-corrected chi connectivity index (χ0v) is 16.0. The highest BCUT2D eigenvalue weighted by Gasteiger charge is 2.16. The zero-order chi connectivity index (χ0) is 21.0. The maximum absolute atomic E-state index is 11.6. The molecule has 0 saturated carbocycles. The Labute approximate surface area is 167 Å². The second kappa shape index (κ2) is 8.53. The fourth-order valence-corrected chi connectivity index (χ4v) is 2.89. The van der Waals surface area contributed by atoms with Gasteiger partial charge in [-0.15, -0.1) is 0 Å². The summed E-state index contributed by atoms with van der Waals surface area (Å²) in [5, 5.41) is 1.72. The van der Waals surface area contributed by atoms with E-state index in [9.17, 15) is 9.59 Å². The van der Waals surface area contributed by atoms with Gasteiger partial charge in [0, 0.05) is 24.3 Å². The summed E-state index contributed by atoms with van der Waals surface area (Å²) in [7, 11) is 0. The number of ether oxygens (including phenoxy) is 1. The van der Waals surface area contributed by atoms with Gasteiger partial charge in [-0.25, -0.2) is 20.8 Å². The van der Waals surface area contributed by atoms with Crippen molar-refractivity contribution in [1.29, 1.82) is 0 Å². The molecule has 2 aromatic carbocycles. The number of para-hydroxylation sites is 1. The first-order valence-corrected chi connectivity index (χ1v) is 9.00. The Kier molecular flexibility index (Phi) is 5.89. The highest BCUT2D eigenvalue weighted by atomic mass is 16.5. The van der Waals surface area contributed by atoms with Crippen LogP contribution in [0.25, 0.3) is 22.2 Å². The summed E-state index contributed by atoms with van der Waals surface area (Å²) >= 11 is 0. The molecule has 3 aromatic rings. The molecule has 0 atom stereocenters. The van der Waals surface area contributed by atoms with Crippen molar-refractivity contribution in [3.8, 4) is 17.0 Å². The highest BCUT2D eigenvalue weighted by molar-refractivity contribution is 5.99. The first kappa shape index (κ1) is 20.0. The lowest BCUT2D eigenvalue weighted by molar-refractivity contribution is -0.118. The van der Waals surface area contributed by atoms with Gasteiger partial charge in [-0.2, -0.15) is 0 Å². The van der Waals surface area contributed by atoms with Gasteiger partial charge < -0.3 is 16.2 Å². The molecule has 150 valence electrons. The van der Waals surface area contributed by atoms with E-state index < -0.39 is 0 Å². The minimum absolute atomic E-state index is 0.111. The molecular weight excluding hydrogens is 372 g/mol. The van der Waals surface area contributed by atoms with Crippen molar-refractivity contribution in [2.24, 2.45) is 11.6 Å². The SMILES string of the molecule is CC(=O)N(N)c1ccc2nc(N)nc(-c3ccccc3OCCCC(N)=O)c2c1. The van der Waals surface area contributed by atoms with Gasteiger partial charge in [-0.05, 0) is 36.8 Å². The number of amides is 2. The van der Waals surface area contributed by atoms with E-state index in [-0.39, 0.29) is 24.2 Å². The molecule has 29 heavy (non-hydrogen) atoms. The normalized spacial score (nSPS) is 10.7. The number of nitrogen functional groups attached to an aromatic ring is 1. The molecule has 6 N–H and O–H groups in total. The Bertz CT molecular complexity index is 1070. The maximum atomic E-state index is 11.6. The van der Waals surface area contributed by atoms with Crippen molar-refractivity contribution in [3.05, 3.63) is 42.5 Å². The Morgan fingerprint density at radius 3 is 2.62 bits per heavy atom. The predicted octanol–water partition coefficient (Wildman–Crippen LogP) is 1.75. The lowest BCUT2D eigenvalue weighted by Gasteiger charge is -2.17. The van der Waals surface area contributed by atoms with Crippen molar-refractivity contribution in [1.82, 2.24) is 9.97 Å². The third kappa shape index (κ3) is 4.58. The molecule has 9 heteroatoms. The molecule has 2 amide bonds. The number of fused-ring (bicyclic) bond motifs is 1. The molecule has 3 rings (SSSR count). The summed E-state index contributed by atoms with van der Waals surface area (Å²) in [6.07, 6.45) is 0.744. The molecule has 0 radical (unpaired) electrons. The zero-order valence-electron chi connectivity index (χ0n) is 16.0. The standard InChI is InChI=1S/C20H22N6O3/c1-12(27)26(23)13-8-9-16-15(11-13)19(25-20(22)24-16)14-5-2-3-6-17(14)29-10-4-7-18(21)28/h2-3,5-6,8-9,11H,4,7,10,23H2,1H3,(H2,21,28)(H2,22,24,25). The van der Waals surface area contributed by atoms with Gasteiger partial charge in [-0.3, -0.25) is 9.59 Å². The molecule has 0 aliphatic carbocycles. The summed E-state index contributed by atoms with van der Waals surface area (Å²) in [5.74, 6) is 5.85. The van der Waals surface area contributed by atoms with Gasteiger partial charge in [0.1, 0.15) is 5.75 Å². The molecule has 0 saturated heterocycles. The van der Waals surface area contributed by atoms with Gasteiger partial charge in [0.15, 0.2) is 0 Å². The Morgan fingerprint density at radius 2 is 1.90 bits per heavy atom. The number of nitrogens with zero attached hydrogens (tertiary/aromatic N) is 3. The average Bonchev–Trinajstić information content (AvgIpc) is 2.69.